The van der Waals surface area contributed by atoms with Gasteiger partial charge in [-0.15, -0.1) is 0 Å². The Balaban J connectivity index is 1.60. The Morgan fingerprint density at radius 3 is 2.40 bits per heavy atom. The van der Waals surface area contributed by atoms with E-state index < -0.39 is 5.60 Å². The SMILES string of the molecule is CC[C@@H]1C[C@@H](C(C)O)[C@@]2(C)CC[C@H]3[C@@H](CC[C@@H]4C[C@](C)(O)CC[C@@H]43)[C@H]12. The molecule has 0 aromatic rings. The van der Waals surface area contributed by atoms with Crippen molar-refractivity contribution in [3.8, 4) is 0 Å². The quantitative estimate of drug-likeness (QED) is 0.735. The van der Waals surface area contributed by atoms with Crippen molar-refractivity contribution < 1.29 is 10.2 Å². The van der Waals surface area contributed by atoms with Crippen molar-refractivity contribution >= 4 is 0 Å². The van der Waals surface area contributed by atoms with Crippen molar-refractivity contribution in [1.29, 1.82) is 0 Å². The summed E-state index contributed by atoms with van der Waals surface area (Å²) in [6, 6.07) is 0. The normalized spacial score (nSPS) is 56.6. The smallest absolute Gasteiger partial charge is 0.0622 e. The van der Waals surface area contributed by atoms with Gasteiger partial charge in [0.25, 0.3) is 0 Å². The van der Waals surface area contributed by atoms with Crippen molar-refractivity contribution in [1.82, 2.24) is 0 Å². The van der Waals surface area contributed by atoms with Crippen LogP contribution in [-0.4, -0.2) is 21.9 Å². The first-order valence-corrected chi connectivity index (χ1v) is 11.2. The molecule has 0 amide bonds. The molecule has 2 heteroatoms. The number of aliphatic hydroxyl groups is 2. The molecule has 0 radical (unpaired) electrons. The number of hydrogen-bond acceptors (Lipinski definition) is 2. The van der Waals surface area contributed by atoms with E-state index in [1.807, 2.05) is 6.92 Å². The van der Waals surface area contributed by atoms with Crippen LogP contribution in [0.3, 0.4) is 0 Å². The highest BCUT2D eigenvalue weighted by Crippen LogP contribution is 2.67. The lowest BCUT2D eigenvalue weighted by Gasteiger charge is -2.58. The number of aliphatic hydroxyl groups excluding tert-OH is 1. The molecule has 4 fully saturated rings. The van der Waals surface area contributed by atoms with Crippen molar-refractivity contribution in [2.45, 2.75) is 97.2 Å². The number of hydrogen-bond donors (Lipinski definition) is 2. The molecule has 0 heterocycles. The summed E-state index contributed by atoms with van der Waals surface area (Å²) in [4.78, 5) is 0. The molecule has 0 spiro atoms. The number of rotatable bonds is 2. The molecule has 4 saturated carbocycles. The van der Waals surface area contributed by atoms with Crippen molar-refractivity contribution in [2.75, 3.05) is 0 Å². The van der Waals surface area contributed by atoms with E-state index >= 15 is 0 Å². The third kappa shape index (κ3) is 2.81. The Labute approximate surface area is 154 Å². The third-order valence-corrected chi connectivity index (χ3v) is 9.55. The van der Waals surface area contributed by atoms with Crippen LogP contribution in [0.15, 0.2) is 0 Å². The first-order valence-electron chi connectivity index (χ1n) is 11.2. The third-order valence-electron chi connectivity index (χ3n) is 9.55. The van der Waals surface area contributed by atoms with Gasteiger partial charge in [-0.1, -0.05) is 20.3 Å². The summed E-state index contributed by atoms with van der Waals surface area (Å²) in [5.41, 5.74) is -0.0447. The highest BCUT2D eigenvalue weighted by Gasteiger charge is 2.60. The zero-order chi connectivity index (χ0) is 18.0. The maximum absolute atomic E-state index is 10.5. The van der Waals surface area contributed by atoms with Gasteiger partial charge in [0.05, 0.1) is 11.7 Å². The molecular weight excluding hydrogens is 308 g/mol. The maximum Gasteiger partial charge on any atom is 0.0622 e. The fraction of sp³-hybridized carbons (Fsp3) is 1.00. The number of fused-ring (bicyclic) bond motifs is 5. The van der Waals surface area contributed by atoms with Gasteiger partial charge in [0.15, 0.2) is 0 Å². The average molecular weight is 349 g/mol. The Hall–Kier alpha value is -0.0800. The van der Waals surface area contributed by atoms with E-state index in [4.69, 9.17) is 0 Å². The monoisotopic (exact) mass is 348 g/mol. The fourth-order valence-corrected chi connectivity index (χ4v) is 8.59. The van der Waals surface area contributed by atoms with Crippen molar-refractivity contribution in [3.05, 3.63) is 0 Å². The van der Waals surface area contributed by atoms with Crippen LogP contribution < -0.4 is 0 Å². The predicted octanol–water partition coefficient (Wildman–Crippen LogP) is 5.02. The average Bonchev–Trinajstić information content (AvgIpc) is 2.86. The topological polar surface area (TPSA) is 40.5 Å². The molecule has 0 aromatic heterocycles. The zero-order valence-electron chi connectivity index (χ0n) is 16.9. The second kappa shape index (κ2) is 6.23. The molecule has 0 bridgehead atoms. The van der Waals surface area contributed by atoms with E-state index in [2.05, 4.69) is 20.8 Å². The minimum Gasteiger partial charge on any atom is -0.393 e. The van der Waals surface area contributed by atoms with Crippen LogP contribution in [0.2, 0.25) is 0 Å². The minimum absolute atomic E-state index is 0.151. The van der Waals surface area contributed by atoms with Crippen LogP contribution in [0.1, 0.15) is 85.5 Å². The van der Waals surface area contributed by atoms with Crippen LogP contribution in [0.5, 0.6) is 0 Å². The van der Waals surface area contributed by atoms with Gasteiger partial charge in [-0.3, -0.25) is 0 Å². The second-order valence-corrected chi connectivity index (χ2v) is 10.9. The first-order chi connectivity index (χ1) is 11.8. The Bertz CT molecular complexity index is 498. The van der Waals surface area contributed by atoms with Gasteiger partial charge in [0.1, 0.15) is 0 Å². The molecule has 4 aliphatic rings. The lowest BCUT2D eigenvalue weighted by molar-refractivity contribution is -0.112. The largest absolute Gasteiger partial charge is 0.393 e. The summed E-state index contributed by atoms with van der Waals surface area (Å²) in [5.74, 6) is 5.58. The second-order valence-electron chi connectivity index (χ2n) is 10.9. The van der Waals surface area contributed by atoms with Gasteiger partial charge in [-0.05, 0) is 112 Å². The lowest BCUT2D eigenvalue weighted by atomic mass is 9.48. The Morgan fingerprint density at radius 1 is 1.00 bits per heavy atom. The van der Waals surface area contributed by atoms with Gasteiger partial charge >= 0.3 is 0 Å². The molecule has 2 nitrogen and oxygen atoms in total. The van der Waals surface area contributed by atoms with Gasteiger partial charge in [0, 0.05) is 0 Å². The summed E-state index contributed by atoms with van der Waals surface area (Å²) in [6.45, 7) is 9.00. The molecule has 1 unspecified atom stereocenters. The molecule has 0 aromatic carbocycles. The summed E-state index contributed by atoms with van der Waals surface area (Å²) in [5, 5.41) is 21.0. The van der Waals surface area contributed by atoms with E-state index in [0.29, 0.717) is 11.3 Å². The summed E-state index contributed by atoms with van der Waals surface area (Å²) < 4.78 is 0. The van der Waals surface area contributed by atoms with Crippen LogP contribution in [0, 0.1) is 46.8 Å². The molecular formula is C23H40O2. The van der Waals surface area contributed by atoms with Crippen LogP contribution >= 0.6 is 0 Å². The van der Waals surface area contributed by atoms with E-state index in [9.17, 15) is 10.2 Å². The van der Waals surface area contributed by atoms with Crippen LogP contribution in [-0.2, 0) is 0 Å². The first kappa shape index (κ1) is 18.3. The molecule has 4 rings (SSSR count). The molecule has 25 heavy (non-hydrogen) atoms. The highest BCUT2D eigenvalue weighted by molar-refractivity contribution is 5.09. The van der Waals surface area contributed by atoms with Gasteiger partial charge < -0.3 is 10.2 Å². The highest BCUT2D eigenvalue weighted by atomic mass is 16.3. The molecule has 10 atom stereocenters. The van der Waals surface area contributed by atoms with E-state index in [1.165, 1.54) is 44.9 Å². The molecule has 0 saturated heterocycles. The summed E-state index contributed by atoms with van der Waals surface area (Å²) in [7, 11) is 0. The van der Waals surface area contributed by atoms with E-state index in [1.54, 1.807) is 0 Å². The van der Waals surface area contributed by atoms with Crippen molar-refractivity contribution in [3.63, 3.8) is 0 Å². The molecule has 144 valence electrons. The molecule has 4 aliphatic carbocycles. The zero-order valence-corrected chi connectivity index (χ0v) is 16.9. The predicted molar refractivity (Wildman–Crippen MR) is 102 cm³/mol. The Kier molecular flexibility index (Phi) is 4.56. The standard InChI is InChI=1S/C23H40O2/c1-5-15-12-20(14(2)24)23(4)11-9-18-17-8-10-22(3,25)13-16(17)6-7-19(18)21(15)23/h14-21,24-25H,5-13H2,1-4H3/t14?,15-,16-,17+,18-,19-,20+,21+,22-,23-/m1/s1. The van der Waals surface area contributed by atoms with Crippen molar-refractivity contribution in [2.24, 2.45) is 46.8 Å². The molecule has 0 aliphatic heterocycles. The van der Waals surface area contributed by atoms with E-state index in [0.717, 1.165) is 48.3 Å². The molecule has 2 N–H and O–H groups in total. The fourth-order valence-electron chi connectivity index (χ4n) is 8.59. The van der Waals surface area contributed by atoms with E-state index in [-0.39, 0.29) is 6.10 Å². The van der Waals surface area contributed by atoms with Gasteiger partial charge in [-0.2, -0.15) is 0 Å². The minimum atomic E-state index is -0.409. The lowest BCUT2D eigenvalue weighted by Crippen LogP contribution is -2.52. The summed E-state index contributed by atoms with van der Waals surface area (Å²) >= 11 is 0. The summed E-state index contributed by atoms with van der Waals surface area (Å²) in [6.07, 6.45) is 11.1. The van der Waals surface area contributed by atoms with Gasteiger partial charge in [0.2, 0.25) is 0 Å². The van der Waals surface area contributed by atoms with Crippen LogP contribution in [0.25, 0.3) is 0 Å². The Morgan fingerprint density at radius 2 is 1.72 bits per heavy atom. The maximum atomic E-state index is 10.5. The van der Waals surface area contributed by atoms with Crippen LogP contribution in [0.4, 0.5) is 0 Å². The van der Waals surface area contributed by atoms with Gasteiger partial charge in [-0.25, -0.2) is 0 Å².